The highest BCUT2D eigenvalue weighted by molar-refractivity contribution is 6.30. The molecule has 0 aliphatic carbocycles. The van der Waals surface area contributed by atoms with Crippen LogP contribution in [0.4, 0.5) is 0 Å². The van der Waals surface area contributed by atoms with Gasteiger partial charge in [-0.2, -0.15) is 0 Å². The van der Waals surface area contributed by atoms with Crippen LogP contribution in [0.1, 0.15) is 31.2 Å². The average Bonchev–Trinajstić information content (AvgIpc) is 2.36. The molecule has 1 rings (SSSR count). The Balaban J connectivity index is 2.89. The fraction of sp³-hybridized carbons (Fsp3) is 0.462. The molecule has 2 N–H and O–H groups in total. The number of carbonyl (C=O) groups excluding carboxylic acids is 1. The lowest BCUT2D eigenvalue weighted by Crippen LogP contribution is -2.29. The highest BCUT2D eigenvalue weighted by Crippen LogP contribution is 2.26. The molecule has 4 heteroatoms. The van der Waals surface area contributed by atoms with E-state index >= 15 is 0 Å². The van der Waals surface area contributed by atoms with Crippen LogP contribution in [0.3, 0.4) is 0 Å². The molecule has 0 aliphatic rings. The van der Waals surface area contributed by atoms with E-state index in [-0.39, 0.29) is 17.9 Å². The second-order valence-electron chi connectivity index (χ2n) is 4.01. The van der Waals surface area contributed by atoms with Crippen molar-refractivity contribution in [1.29, 1.82) is 0 Å². The third kappa shape index (κ3) is 4.02. The Morgan fingerprint density at radius 3 is 2.47 bits per heavy atom. The van der Waals surface area contributed by atoms with Crippen molar-refractivity contribution in [3.8, 4) is 0 Å². The number of methoxy groups -OCH3 is 1. The minimum absolute atomic E-state index is 0.0234. The van der Waals surface area contributed by atoms with Crippen molar-refractivity contribution in [1.82, 2.24) is 0 Å². The molecule has 0 aliphatic heterocycles. The van der Waals surface area contributed by atoms with Crippen LogP contribution in [0, 0.1) is 0 Å². The van der Waals surface area contributed by atoms with Crippen LogP contribution in [-0.2, 0) is 9.53 Å². The van der Waals surface area contributed by atoms with Crippen LogP contribution in [0.2, 0.25) is 5.02 Å². The lowest BCUT2D eigenvalue weighted by atomic mass is 9.88. The molecule has 0 bridgehead atoms. The molecule has 0 fully saturated rings. The molecule has 17 heavy (non-hydrogen) atoms. The molecule has 0 saturated carbocycles. The summed E-state index contributed by atoms with van der Waals surface area (Å²) in [7, 11) is 1.39. The van der Waals surface area contributed by atoms with Gasteiger partial charge in [-0.3, -0.25) is 4.79 Å². The van der Waals surface area contributed by atoms with Gasteiger partial charge in [-0.1, -0.05) is 30.7 Å². The minimum atomic E-state index is -0.242. The number of hydrogen-bond acceptors (Lipinski definition) is 3. The molecule has 3 nitrogen and oxygen atoms in total. The topological polar surface area (TPSA) is 52.3 Å². The number of rotatable bonds is 5. The molecule has 0 aromatic heterocycles. The SMILES string of the molecule is CCC(N)C(CC(=O)OC)c1ccc(Cl)cc1. The van der Waals surface area contributed by atoms with E-state index in [0.717, 1.165) is 12.0 Å². The Morgan fingerprint density at radius 2 is 2.00 bits per heavy atom. The van der Waals surface area contributed by atoms with Gasteiger partial charge in [0.15, 0.2) is 0 Å². The molecular formula is C13H18ClNO2. The number of nitrogens with two attached hydrogens (primary N) is 1. The van der Waals surface area contributed by atoms with Crippen molar-refractivity contribution >= 4 is 17.6 Å². The molecular weight excluding hydrogens is 238 g/mol. The summed E-state index contributed by atoms with van der Waals surface area (Å²) in [5, 5.41) is 0.677. The zero-order valence-corrected chi connectivity index (χ0v) is 10.9. The zero-order valence-electron chi connectivity index (χ0n) is 10.2. The Bertz CT molecular complexity index is 364. The third-order valence-corrected chi connectivity index (χ3v) is 3.15. The number of carbonyl (C=O) groups is 1. The molecule has 0 saturated heterocycles. The Labute approximate surface area is 107 Å². The van der Waals surface area contributed by atoms with E-state index in [9.17, 15) is 4.79 Å². The molecule has 1 aromatic carbocycles. The van der Waals surface area contributed by atoms with E-state index < -0.39 is 0 Å². The molecule has 94 valence electrons. The first-order chi connectivity index (χ1) is 8.08. The first-order valence-corrected chi connectivity index (χ1v) is 6.04. The van der Waals surface area contributed by atoms with Crippen molar-refractivity contribution in [2.24, 2.45) is 5.73 Å². The van der Waals surface area contributed by atoms with Gasteiger partial charge in [0, 0.05) is 17.0 Å². The Kier molecular flexibility index (Phi) is 5.45. The van der Waals surface area contributed by atoms with Crippen LogP contribution in [0.25, 0.3) is 0 Å². The maximum absolute atomic E-state index is 11.4. The molecule has 1 aromatic rings. The maximum atomic E-state index is 11.4. The Hall–Kier alpha value is -1.06. The fourth-order valence-corrected chi connectivity index (χ4v) is 1.90. The number of benzene rings is 1. The van der Waals surface area contributed by atoms with Crippen molar-refractivity contribution in [2.75, 3.05) is 7.11 Å². The summed E-state index contributed by atoms with van der Waals surface area (Å²) in [5.41, 5.74) is 7.07. The third-order valence-electron chi connectivity index (χ3n) is 2.90. The van der Waals surface area contributed by atoms with Crippen molar-refractivity contribution in [3.63, 3.8) is 0 Å². The van der Waals surface area contributed by atoms with E-state index in [1.807, 2.05) is 31.2 Å². The fourth-order valence-electron chi connectivity index (χ4n) is 1.77. The van der Waals surface area contributed by atoms with Crippen molar-refractivity contribution in [3.05, 3.63) is 34.9 Å². The maximum Gasteiger partial charge on any atom is 0.306 e. The van der Waals surface area contributed by atoms with E-state index in [1.54, 1.807) is 0 Å². The summed E-state index contributed by atoms with van der Waals surface area (Å²) in [4.78, 5) is 11.4. The summed E-state index contributed by atoms with van der Waals surface area (Å²) in [6.07, 6.45) is 1.11. The molecule has 0 radical (unpaired) electrons. The van der Waals surface area contributed by atoms with Gasteiger partial charge in [0.05, 0.1) is 13.5 Å². The van der Waals surface area contributed by atoms with Gasteiger partial charge >= 0.3 is 5.97 Å². The van der Waals surface area contributed by atoms with Crippen LogP contribution in [0.15, 0.2) is 24.3 Å². The number of hydrogen-bond donors (Lipinski definition) is 1. The molecule has 2 atom stereocenters. The van der Waals surface area contributed by atoms with E-state index in [4.69, 9.17) is 22.1 Å². The second-order valence-corrected chi connectivity index (χ2v) is 4.45. The normalized spacial score (nSPS) is 14.1. The number of halogens is 1. The van der Waals surface area contributed by atoms with Crippen LogP contribution < -0.4 is 5.73 Å². The first-order valence-electron chi connectivity index (χ1n) is 5.66. The van der Waals surface area contributed by atoms with E-state index in [1.165, 1.54) is 7.11 Å². The van der Waals surface area contributed by atoms with Gasteiger partial charge in [-0.25, -0.2) is 0 Å². The standard InChI is InChI=1S/C13H18ClNO2/c1-3-12(15)11(8-13(16)17-2)9-4-6-10(14)7-5-9/h4-7,11-12H,3,8,15H2,1-2H3. The predicted octanol–water partition coefficient (Wildman–Crippen LogP) is 2.72. The smallest absolute Gasteiger partial charge is 0.306 e. The quantitative estimate of drug-likeness (QED) is 0.823. The molecule has 0 amide bonds. The van der Waals surface area contributed by atoms with Crippen LogP contribution in [-0.4, -0.2) is 19.1 Å². The van der Waals surface area contributed by atoms with Gasteiger partial charge in [0.25, 0.3) is 0 Å². The summed E-state index contributed by atoms with van der Waals surface area (Å²) < 4.78 is 4.70. The average molecular weight is 256 g/mol. The number of esters is 1. The minimum Gasteiger partial charge on any atom is -0.469 e. The second kappa shape index (κ2) is 6.62. The van der Waals surface area contributed by atoms with Crippen LogP contribution >= 0.6 is 11.6 Å². The lowest BCUT2D eigenvalue weighted by molar-refractivity contribution is -0.141. The number of ether oxygens (including phenoxy) is 1. The Morgan fingerprint density at radius 1 is 1.41 bits per heavy atom. The first kappa shape index (κ1) is 14.0. The van der Waals surface area contributed by atoms with Gasteiger partial charge in [0.2, 0.25) is 0 Å². The summed E-state index contributed by atoms with van der Waals surface area (Å²) in [6, 6.07) is 7.37. The zero-order chi connectivity index (χ0) is 12.8. The van der Waals surface area contributed by atoms with E-state index in [2.05, 4.69) is 0 Å². The van der Waals surface area contributed by atoms with Crippen LogP contribution in [0.5, 0.6) is 0 Å². The summed E-state index contributed by atoms with van der Waals surface area (Å²) >= 11 is 5.84. The predicted molar refractivity (Wildman–Crippen MR) is 69.1 cm³/mol. The monoisotopic (exact) mass is 255 g/mol. The molecule has 2 unspecified atom stereocenters. The summed E-state index contributed by atoms with van der Waals surface area (Å²) in [5.74, 6) is -0.265. The van der Waals surface area contributed by atoms with E-state index in [0.29, 0.717) is 11.4 Å². The van der Waals surface area contributed by atoms with Crippen molar-refractivity contribution in [2.45, 2.75) is 31.7 Å². The highest BCUT2D eigenvalue weighted by Gasteiger charge is 2.22. The lowest BCUT2D eigenvalue weighted by Gasteiger charge is -2.22. The van der Waals surface area contributed by atoms with Gasteiger partial charge in [0.1, 0.15) is 0 Å². The summed E-state index contributed by atoms with van der Waals surface area (Å²) in [6.45, 7) is 2.00. The van der Waals surface area contributed by atoms with Gasteiger partial charge < -0.3 is 10.5 Å². The van der Waals surface area contributed by atoms with Gasteiger partial charge in [-0.05, 0) is 24.1 Å². The van der Waals surface area contributed by atoms with Crippen molar-refractivity contribution < 1.29 is 9.53 Å². The highest BCUT2D eigenvalue weighted by atomic mass is 35.5. The largest absolute Gasteiger partial charge is 0.469 e. The molecule has 0 heterocycles. The van der Waals surface area contributed by atoms with Gasteiger partial charge in [-0.15, -0.1) is 0 Å². The molecule has 0 spiro atoms.